The van der Waals surface area contributed by atoms with Crippen molar-refractivity contribution in [2.45, 2.75) is 20.8 Å². The molecule has 0 saturated carbocycles. The first-order valence-corrected chi connectivity index (χ1v) is 11.5. The Bertz CT molecular complexity index is 1160. The van der Waals surface area contributed by atoms with Crippen LogP contribution >= 0.6 is 0 Å². The van der Waals surface area contributed by atoms with E-state index in [1.807, 2.05) is 111 Å². The van der Waals surface area contributed by atoms with Crippen molar-refractivity contribution in [3.05, 3.63) is 134 Å². The Labute approximate surface area is 228 Å². The summed E-state index contributed by atoms with van der Waals surface area (Å²) in [5, 5.41) is 7.32. The van der Waals surface area contributed by atoms with E-state index in [9.17, 15) is 0 Å². The summed E-state index contributed by atoms with van der Waals surface area (Å²) in [5.41, 5.74) is 6.37. The van der Waals surface area contributed by atoms with E-state index in [-0.39, 0.29) is 20.1 Å². The number of aromatic nitrogens is 2. The normalized spacial score (nSPS) is 8.72. The van der Waals surface area contributed by atoms with Crippen molar-refractivity contribution in [3.63, 3.8) is 0 Å². The Morgan fingerprint density at radius 2 is 1.14 bits per heavy atom. The van der Waals surface area contributed by atoms with Crippen molar-refractivity contribution in [1.29, 1.82) is 5.26 Å². The minimum atomic E-state index is 0. The van der Waals surface area contributed by atoms with Crippen molar-refractivity contribution >= 4 is 0 Å². The molecule has 36 heavy (non-hydrogen) atoms. The van der Waals surface area contributed by atoms with E-state index < -0.39 is 0 Å². The van der Waals surface area contributed by atoms with Gasteiger partial charge in [-0.3, -0.25) is 0 Å². The Morgan fingerprint density at radius 1 is 0.611 bits per heavy atom. The number of nitriles is 1. The number of pyridine rings is 2. The quantitative estimate of drug-likeness (QED) is 0.185. The van der Waals surface area contributed by atoms with Crippen molar-refractivity contribution < 1.29 is 20.1 Å². The maximum absolute atomic E-state index is 7.32. The molecule has 4 heteroatoms. The van der Waals surface area contributed by atoms with Crippen LogP contribution in [0.5, 0.6) is 0 Å². The molecule has 0 saturated heterocycles. The first-order valence-electron chi connectivity index (χ1n) is 11.5. The fourth-order valence-electron chi connectivity index (χ4n) is 3.02. The molecular formula is C32H29IrN3-2. The third-order valence-corrected chi connectivity index (χ3v) is 4.50. The third-order valence-electron chi connectivity index (χ3n) is 4.50. The van der Waals surface area contributed by atoms with E-state index in [4.69, 9.17) is 5.26 Å². The molecule has 0 atom stereocenters. The summed E-state index contributed by atoms with van der Waals surface area (Å²) < 4.78 is 0. The average molecular weight is 648 g/mol. The van der Waals surface area contributed by atoms with Gasteiger partial charge in [-0.25, -0.2) is 0 Å². The van der Waals surface area contributed by atoms with Crippen LogP contribution in [0, 0.1) is 23.5 Å². The van der Waals surface area contributed by atoms with Crippen molar-refractivity contribution in [1.82, 2.24) is 9.97 Å². The summed E-state index contributed by atoms with van der Waals surface area (Å²) in [7, 11) is 0. The number of benzene rings is 3. The molecule has 0 fully saturated rings. The van der Waals surface area contributed by atoms with Crippen LogP contribution in [0.25, 0.3) is 33.6 Å². The zero-order valence-corrected chi connectivity index (χ0v) is 23.1. The second kappa shape index (κ2) is 18.4. The third kappa shape index (κ3) is 10.2. The molecule has 183 valence electrons. The van der Waals surface area contributed by atoms with Gasteiger partial charge in [0.05, 0.1) is 6.07 Å². The topological polar surface area (TPSA) is 49.6 Å². The monoisotopic (exact) mass is 648 g/mol. The number of hydrogen-bond acceptors (Lipinski definition) is 3. The first kappa shape index (κ1) is 30.1. The maximum Gasteiger partial charge on any atom is 0.0587 e. The molecule has 0 amide bonds. The predicted octanol–water partition coefficient (Wildman–Crippen LogP) is 8.32. The minimum absolute atomic E-state index is 0. The van der Waals surface area contributed by atoms with E-state index in [0.717, 1.165) is 22.5 Å². The first-order chi connectivity index (χ1) is 17.3. The standard InChI is InChI=1S/C17H12N.C11H8N.C2H3N.C2H6.Ir/c1-3-7-14(8-4-1)16-11-12-18-17(13-16)15-9-5-2-6-10-15;1-2-6-10(7-3-1)11-8-4-5-9-12-11;1-2-3;1-2;/h1-9,11-13H;1-6,8-9H;1H3;1-2H3;/q2*-1;;;. The largest absolute Gasteiger partial charge is 0.305 e. The maximum atomic E-state index is 7.32. The van der Waals surface area contributed by atoms with Crippen molar-refractivity contribution in [3.8, 4) is 39.7 Å². The second-order valence-electron chi connectivity index (χ2n) is 6.79. The van der Waals surface area contributed by atoms with Crippen LogP contribution < -0.4 is 0 Å². The summed E-state index contributed by atoms with van der Waals surface area (Å²) >= 11 is 0. The SMILES string of the molecule is CC.CC#N.[Ir].[c-]1ccccc1-c1cc(-c2ccccc2)ccn1.[c-]1ccccc1-c1ccccn1. The van der Waals surface area contributed by atoms with E-state index >= 15 is 0 Å². The van der Waals surface area contributed by atoms with Crippen LogP contribution in [-0.4, -0.2) is 9.97 Å². The predicted molar refractivity (Wildman–Crippen MR) is 145 cm³/mol. The van der Waals surface area contributed by atoms with Gasteiger partial charge in [-0.1, -0.05) is 62.4 Å². The zero-order chi connectivity index (χ0) is 25.1. The van der Waals surface area contributed by atoms with Gasteiger partial charge in [0.1, 0.15) is 0 Å². The molecular weight excluding hydrogens is 619 g/mol. The molecule has 2 heterocycles. The summed E-state index contributed by atoms with van der Waals surface area (Å²) in [4.78, 5) is 8.62. The summed E-state index contributed by atoms with van der Waals surface area (Å²) in [5.74, 6) is 0. The van der Waals surface area contributed by atoms with Gasteiger partial charge in [-0.2, -0.15) is 5.26 Å². The average Bonchev–Trinajstić information content (AvgIpc) is 2.97. The van der Waals surface area contributed by atoms with Crippen molar-refractivity contribution in [2.24, 2.45) is 0 Å². The van der Waals surface area contributed by atoms with Gasteiger partial charge in [0.15, 0.2) is 0 Å². The van der Waals surface area contributed by atoms with E-state index in [2.05, 4.69) is 40.3 Å². The molecule has 0 bridgehead atoms. The molecule has 5 aromatic rings. The van der Waals surface area contributed by atoms with Crippen molar-refractivity contribution in [2.75, 3.05) is 0 Å². The van der Waals surface area contributed by atoms with Gasteiger partial charge >= 0.3 is 0 Å². The van der Waals surface area contributed by atoms with Crippen LogP contribution in [0.4, 0.5) is 0 Å². The summed E-state index contributed by atoms with van der Waals surface area (Å²) in [6, 6.07) is 44.1. The zero-order valence-electron chi connectivity index (χ0n) is 20.7. The summed E-state index contributed by atoms with van der Waals surface area (Å²) in [6.45, 7) is 5.43. The Morgan fingerprint density at radius 3 is 1.67 bits per heavy atom. The van der Waals surface area contributed by atoms with Gasteiger partial charge < -0.3 is 9.97 Å². The van der Waals surface area contributed by atoms with Gasteiger partial charge in [0, 0.05) is 39.4 Å². The summed E-state index contributed by atoms with van der Waals surface area (Å²) in [6.07, 6.45) is 3.63. The molecule has 2 aromatic heterocycles. The molecule has 0 aliphatic rings. The van der Waals surface area contributed by atoms with Gasteiger partial charge in [-0.15, -0.1) is 71.8 Å². The van der Waals surface area contributed by atoms with Crippen LogP contribution in [0.2, 0.25) is 0 Å². The number of nitrogens with zero attached hydrogens (tertiary/aromatic N) is 3. The Hall–Kier alpha value is -3.90. The smallest absolute Gasteiger partial charge is 0.0587 e. The van der Waals surface area contributed by atoms with Gasteiger partial charge in [0.25, 0.3) is 0 Å². The molecule has 5 rings (SSSR count). The van der Waals surface area contributed by atoms with Crippen LogP contribution in [0.1, 0.15) is 20.8 Å². The number of hydrogen-bond donors (Lipinski definition) is 0. The Balaban J connectivity index is 0.000000314. The van der Waals surface area contributed by atoms with E-state index in [1.165, 1.54) is 18.1 Å². The molecule has 0 spiro atoms. The van der Waals surface area contributed by atoms with Crippen LogP contribution in [0.3, 0.4) is 0 Å². The van der Waals surface area contributed by atoms with Gasteiger partial charge in [-0.05, 0) is 34.6 Å². The van der Waals surface area contributed by atoms with E-state index in [0.29, 0.717) is 0 Å². The molecule has 3 nitrogen and oxygen atoms in total. The molecule has 0 N–H and O–H groups in total. The molecule has 0 aliphatic heterocycles. The van der Waals surface area contributed by atoms with Crippen LogP contribution in [0.15, 0.2) is 122 Å². The Kier molecular flexibility index (Phi) is 15.4. The molecule has 3 aromatic carbocycles. The fraction of sp³-hybridized carbons (Fsp3) is 0.0938. The van der Waals surface area contributed by atoms with Gasteiger partial charge in [0.2, 0.25) is 0 Å². The molecule has 0 aliphatic carbocycles. The minimum Gasteiger partial charge on any atom is -0.305 e. The fourth-order valence-corrected chi connectivity index (χ4v) is 3.02. The van der Waals surface area contributed by atoms with E-state index in [1.54, 1.807) is 12.3 Å². The number of rotatable bonds is 3. The molecule has 1 radical (unpaired) electrons. The molecule has 0 unspecified atom stereocenters. The van der Waals surface area contributed by atoms with Crippen LogP contribution in [-0.2, 0) is 20.1 Å². The second-order valence-corrected chi connectivity index (χ2v) is 6.79.